The minimum absolute atomic E-state index is 0. The van der Waals surface area contributed by atoms with Crippen LogP contribution >= 0.6 is 24.8 Å². The topological polar surface area (TPSA) is 48.1 Å². The first kappa shape index (κ1) is 16.5. The summed E-state index contributed by atoms with van der Waals surface area (Å²) in [6, 6.07) is 3.17. The summed E-state index contributed by atoms with van der Waals surface area (Å²) in [5, 5.41) is 13.8. The lowest BCUT2D eigenvalue weighted by atomic mass is 9.96. The normalized spacial score (nSPS) is 40.0. The molecule has 6 rings (SSSR count). The second kappa shape index (κ2) is 7.88. The number of hydrogen-bond acceptors (Lipinski definition) is 4. The molecule has 6 saturated heterocycles. The molecule has 108 valence electrons. The number of halogens is 2. The van der Waals surface area contributed by atoms with Gasteiger partial charge in [0.05, 0.1) is 0 Å². The number of hydrogen-bond donors (Lipinski definition) is 4. The van der Waals surface area contributed by atoms with Crippen molar-refractivity contribution in [3.63, 3.8) is 0 Å². The SMILES string of the molecule is C1CC2CNC1CN2.C1CC2CNC1CN2.Cl.Cl. The molecule has 6 fully saturated rings. The Labute approximate surface area is 122 Å². The van der Waals surface area contributed by atoms with E-state index >= 15 is 0 Å². The molecule has 6 heterocycles. The Morgan fingerprint density at radius 2 is 0.667 bits per heavy atom. The minimum atomic E-state index is 0. The smallest absolute Gasteiger partial charge is 0.0193 e. The summed E-state index contributed by atoms with van der Waals surface area (Å²) >= 11 is 0. The third-order valence-corrected chi connectivity index (χ3v) is 4.34. The van der Waals surface area contributed by atoms with Gasteiger partial charge >= 0.3 is 0 Å². The van der Waals surface area contributed by atoms with Crippen molar-refractivity contribution < 1.29 is 0 Å². The fraction of sp³-hybridized carbons (Fsp3) is 1.00. The molecule has 6 aliphatic rings. The van der Waals surface area contributed by atoms with Gasteiger partial charge in [-0.2, -0.15) is 0 Å². The molecule has 0 saturated carbocycles. The summed E-state index contributed by atoms with van der Waals surface area (Å²) in [6.45, 7) is 4.80. The third kappa shape index (κ3) is 4.22. The first-order valence-electron chi connectivity index (χ1n) is 6.83. The Hall–Kier alpha value is 0.420. The molecular weight excluding hydrogens is 271 g/mol. The summed E-state index contributed by atoms with van der Waals surface area (Å²) in [7, 11) is 0. The van der Waals surface area contributed by atoms with E-state index in [9.17, 15) is 0 Å². The Morgan fingerprint density at radius 1 is 0.444 bits per heavy atom. The first-order chi connectivity index (χ1) is 7.90. The van der Waals surface area contributed by atoms with Crippen molar-refractivity contribution in [1.82, 2.24) is 21.3 Å². The fourth-order valence-electron chi connectivity index (χ4n) is 3.15. The van der Waals surface area contributed by atoms with E-state index in [4.69, 9.17) is 0 Å². The maximum atomic E-state index is 3.46. The van der Waals surface area contributed by atoms with E-state index in [0.29, 0.717) is 0 Å². The quantitative estimate of drug-likeness (QED) is 0.518. The molecule has 0 amide bonds. The Balaban J connectivity index is 0.000000162. The molecular formula is C12H26Cl2N4. The van der Waals surface area contributed by atoms with Crippen LogP contribution in [0.25, 0.3) is 0 Å². The molecule has 6 aliphatic heterocycles. The molecule has 0 aromatic rings. The van der Waals surface area contributed by atoms with Gasteiger partial charge in [-0.1, -0.05) is 0 Å². The maximum Gasteiger partial charge on any atom is 0.0193 e. The fourth-order valence-corrected chi connectivity index (χ4v) is 3.15. The van der Waals surface area contributed by atoms with E-state index < -0.39 is 0 Å². The maximum absolute atomic E-state index is 3.46. The van der Waals surface area contributed by atoms with Crippen LogP contribution in [0.4, 0.5) is 0 Å². The number of piperidine rings is 4. The van der Waals surface area contributed by atoms with Gasteiger partial charge in [0.25, 0.3) is 0 Å². The van der Waals surface area contributed by atoms with Crippen LogP contribution in [0.1, 0.15) is 25.7 Å². The number of piperazine rings is 2. The van der Waals surface area contributed by atoms with Gasteiger partial charge in [0.15, 0.2) is 0 Å². The average Bonchev–Trinajstić information content (AvgIpc) is 2.44. The second-order valence-electron chi connectivity index (χ2n) is 5.58. The lowest BCUT2D eigenvalue weighted by Gasteiger charge is -2.37. The van der Waals surface area contributed by atoms with Crippen LogP contribution in [0.2, 0.25) is 0 Å². The Bertz CT molecular complexity index is 156. The van der Waals surface area contributed by atoms with Crippen LogP contribution in [0.5, 0.6) is 0 Å². The molecule has 0 spiro atoms. The van der Waals surface area contributed by atoms with Crippen LogP contribution in [0, 0.1) is 0 Å². The zero-order valence-corrected chi connectivity index (χ0v) is 12.4. The predicted molar refractivity (Wildman–Crippen MR) is 80.1 cm³/mol. The molecule has 0 radical (unpaired) electrons. The molecule has 0 aromatic heterocycles. The molecule has 4 unspecified atom stereocenters. The second-order valence-corrected chi connectivity index (χ2v) is 5.58. The Morgan fingerprint density at radius 3 is 0.722 bits per heavy atom. The van der Waals surface area contributed by atoms with Gasteiger partial charge < -0.3 is 21.3 Å². The van der Waals surface area contributed by atoms with Gasteiger partial charge in [-0.3, -0.25) is 0 Å². The van der Waals surface area contributed by atoms with Crippen molar-refractivity contribution in [1.29, 1.82) is 0 Å². The highest BCUT2D eigenvalue weighted by molar-refractivity contribution is 5.85. The van der Waals surface area contributed by atoms with Crippen molar-refractivity contribution in [2.45, 2.75) is 49.9 Å². The van der Waals surface area contributed by atoms with Gasteiger partial charge in [-0.15, -0.1) is 24.8 Å². The third-order valence-electron chi connectivity index (χ3n) is 4.34. The number of nitrogens with one attached hydrogen (secondary N) is 4. The monoisotopic (exact) mass is 296 g/mol. The lowest BCUT2D eigenvalue weighted by Crippen LogP contribution is -2.58. The largest absolute Gasteiger partial charge is 0.311 e. The molecule has 4 atom stereocenters. The van der Waals surface area contributed by atoms with Crippen molar-refractivity contribution in [2.75, 3.05) is 26.2 Å². The van der Waals surface area contributed by atoms with Gasteiger partial charge in [-0.05, 0) is 25.7 Å². The van der Waals surface area contributed by atoms with E-state index in [1.54, 1.807) is 0 Å². The van der Waals surface area contributed by atoms with E-state index in [1.165, 1.54) is 51.9 Å². The van der Waals surface area contributed by atoms with Gasteiger partial charge in [-0.25, -0.2) is 0 Å². The summed E-state index contributed by atoms with van der Waals surface area (Å²) < 4.78 is 0. The number of fused-ring (bicyclic) bond motifs is 6. The molecule has 4 nitrogen and oxygen atoms in total. The van der Waals surface area contributed by atoms with Gasteiger partial charge in [0.2, 0.25) is 0 Å². The molecule has 18 heavy (non-hydrogen) atoms. The summed E-state index contributed by atoms with van der Waals surface area (Å²) in [5.74, 6) is 0. The van der Waals surface area contributed by atoms with E-state index in [2.05, 4.69) is 21.3 Å². The molecule has 0 aliphatic carbocycles. The predicted octanol–water partition coefficient (Wildman–Crippen LogP) is 0.264. The zero-order valence-electron chi connectivity index (χ0n) is 10.8. The highest BCUT2D eigenvalue weighted by Gasteiger charge is 2.26. The standard InChI is InChI=1S/2C6H12N2.2ClH/c2*1-2-6-4-7-5(1)3-8-6;;/h2*5-8H,1-4H2;2*1H. The lowest BCUT2D eigenvalue weighted by molar-refractivity contribution is 0.251. The van der Waals surface area contributed by atoms with Crippen LogP contribution < -0.4 is 21.3 Å². The van der Waals surface area contributed by atoms with E-state index in [0.717, 1.165) is 24.2 Å². The summed E-state index contributed by atoms with van der Waals surface area (Å²) in [5.41, 5.74) is 0. The molecule has 4 bridgehead atoms. The summed E-state index contributed by atoms with van der Waals surface area (Å²) in [6.07, 6.45) is 5.55. The van der Waals surface area contributed by atoms with Crippen LogP contribution in [-0.2, 0) is 0 Å². The van der Waals surface area contributed by atoms with Gasteiger partial charge in [0.1, 0.15) is 0 Å². The molecule has 0 aromatic carbocycles. The molecule has 6 heteroatoms. The van der Waals surface area contributed by atoms with E-state index in [1.807, 2.05) is 0 Å². The van der Waals surface area contributed by atoms with E-state index in [-0.39, 0.29) is 24.8 Å². The van der Waals surface area contributed by atoms with Crippen molar-refractivity contribution in [3.05, 3.63) is 0 Å². The highest BCUT2D eigenvalue weighted by atomic mass is 35.5. The molecule has 4 N–H and O–H groups in total. The minimum Gasteiger partial charge on any atom is -0.311 e. The Kier molecular flexibility index (Phi) is 7.21. The van der Waals surface area contributed by atoms with Crippen molar-refractivity contribution >= 4 is 24.8 Å². The van der Waals surface area contributed by atoms with Crippen molar-refractivity contribution in [2.24, 2.45) is 0 Å². The summed E-state index contributed by atoms with van der Waals surface area (Å²) in [4.78, 5) is 0. The first-order valence-corrected chi connectivity index (χ1v) is 6.83. The van der Waals surface area contributed by atoms with Crippen LogP contribution in [-0.4, -0.2) is 50.3 Å². The number of rotatable bonds is 0. The average molecular weight is 297 g/mol. The highest BCUT2D eigenvalue weighted by Crippen LogP contribution is 2.13. The van der Waals surface area contributed by atoms with Crippen LogP contribution in [0.15, 0.2) is 0 Å². The van der Waals surface area contributed by atoms with Crippen molar-refractivity contribution in [3.8, 4) is 0 Å². The zero-order chi connectivity index (χ0) is 10.8. The van der Waals surface area contributed by atoms with Gasteiger partial charge in [0, 0.05) is 50.3 Å². The van der Waals surface area contributed by atoms with Crippen LogP contribution in [0.3, 0.4) is 0 Å².